The molecule has 3 heterocycles. The van der Waals surface area contributed by atoms with Gasteiger partial charge in [-0.2, -0.15) is 0 Å². The Morgan fingerprint density at radius 1 is 1.03 bits per heavy atom. The molecule has 0 aliphatic carbocycles. The summed E-state index contributed by atoms with van der Waals surface area (Å²) in [5.41, 5.74) is 2.30. The Balaban J connectivity index is 1.66. The average Bonchev–Trinajstić information content (AvgIpc) is 3.43. The van der Waals surface area contributed by atoms with Crippen LogP contribution in [-0.2, 0) is 14.6 Å². The lowest BCUT2D eigenvalue weighted by molar-refractivity contribution is 0.0920. The van der Waals surface area contributed by atoms with Crippen LogP contribution in [0.5, 0.6) is 17.4 Å². The molecule has 4 rings (SSSR count). The second kappa shape index (κ2) is 9.65. The maximum atomic E-state index is 11.6. The molecule has 0 spiro atoms. The van der Waals surface area contributed by atoms with E-state index in [0.717, 1.165) is 29.4 Å². The van der Waals surface area contributed by atoms with E-state index in [1.54, 1.807) is 25.4 Å². The molecule has 0 radical (unpaired) electrons. The largest absolute Gasteiger partial charge is 0.488 e. The van der Waals surface area contributed by atoms with Gasteiger partial charge < -0.3 is 23.6 Å². The summed E-state index contributed by atoms with van der Waals surface area (Å²) in [4.78, 5) is 15.5. The van der Waals surface area contributed by atoms with Gasteiger partial charge in [0.2, 0.25) is 11.8 Å². The third-order valence-electron chi connectivity index (χ3n) is 4.67. The summed E-state index contributed by atoms with van der Waals surface area (Å²) in [5.74, 6) is 2.33. The molecular formula is C23H24N4O6S. The maximum absolute atomic E-state index is 11.6. The van der Waals surface area contributed by atoms with Gasteiger partial charge >= 0.3 is 0 Å². The summed E-state index contributed by atoms with van der Waals surface area (Å²) in [7, 11) is -1.85. The molecule has 0 unspecified atom stereocenters. The van der Waals surface area contributed by atoms with E-state index in [2.05, 4.69) is 19.9 Å². The van der Waals surface area contributed by atoms with Crippen LogP contribution in [0.3, 0.4) is 0 Å². The van der Waals surface area contributed by atoms with Crippen molar-refractivity contribution in [3.05, 3.63) is 54.7 Å². The van der Waals surface area contributed by atoms with E-state index in [4.69, 9.17) is 18.6 Å². The van der Waals surface area contributed by atoms with Crippen LogP contribution in [-0.4, -0.2) is 54.4 Å². The second-order valence-electron chi connectivity index (χ2n) is 7.71. The molecule has 1 atom stereocenters. The number of oxazole rings is 1. The molecule has 3 aromatic heterocycles. The Bertz CT molecular complexity index is 1380. The molecule has 0 saturated carbocycles. The molecule has 1 N–H and O–H groups in total. The number of aromatic nitrogens is 4. The monoisotopic (exact) mass is 484 g/mol. The van der Waals surface area contributed by atoms with Crippen LogP contribution >= 0.6 is 0 Å². The molecule has 0 fully saturated rings. The van der Waals surface area contributed by atoms with Crippen molar-refractivity contribution in [1.29, 1.82) is 0 Å². The molecule has 11 heteroatoms. The molecule has 0 bridgehead atoms. The molecule has 34 heavy (non-hydrogen) atoms. The summed E-state index contributed by atoms with van der Waals surface area (Å²) in [6.07, 6.45) is 4.94. The number of nitrogens with zero attached hydrogens (tertiary/aromatic N) is 3. The number of methoxy groups -OCH3 is 1. The highest BCUT2D eigenvalue weighted by atomic mass is 32.2. The van der Waals surface area contributed by atoms with Crippen molar-refractivity contribution in [1.82, 2.24) is 19.9 Å². The zero-order valence-corrected chi connectivity index (χ0v) is 19.9. The SMILES string of the molecule is COC[C@H](C)Oc1cc(Oc2cnc(S(C)(=O)=O)cn2)cc(-c2ccc(-c3ncc(C)o3)[nH]2)c1. The topological polar surface area (TPSA) is 129 Å². The third kappa shape index (κ3) is 5.61. The van der Waals surface area contributed by atoms with Crippen LogP contribution in [0.1, 0.15) is 12.7 Å². The van der Waals surface area contributed by atoms with E-state index in [0.29, 0.717) is 29.8 Å². The van der Waals surface area contributed by atoms with E-state index in [9.17, 15) is 8.42 Å². The first-order chi connectivity index (χ1) is 16.2. The lowest BCUT2D eigenvalue weighted by Gasteiger charge is -2.16. The molecular weight excluding hydrogens is 460 g/mol. The molecule has 10 nitrogen and oxygen atoms in total. The Morgan fingerprint density at radius 3 is 2.44 bits per heavy atom. The zero-order chi connectivity index (χ0) is 24.3. The number of aryl methyl sites for hydroxylation is 1. The first-order valence-electron chi connectivity index (χ1n) is 10.3. The van der Waals surface area contributed by atoms with Crippen molar-refractivity contribution in [2.75, 3.05) is 20.0 Å². The number of ether oxygens (including phenoxy) is 3. The van der Waals surface area contributed by atoms with Crippen LogP contribution in [0.2, 0.25) is 0 Å². The van der Waals surface area contributed by atoms with E-state index in [1.165, 1.54) is 6.20 Å². The van der Waals surface area contributed by atoms with Crippen molar-refractivity contribution in [3.8, 4) is 40.2 Å². The predicted octanol–water partition coefficient (Wildman–Crippen LogP) is 4.04. The highest BCUT2D eigenvalue weighted by Crippen LogP contribution is 2.33. The zero-order valence-electron chi connectivity index (χ0n) is 19.1. The molecule has 0 aliphatic heterocycles. The van der Waals surface area contributed by atoms with Gasteiger partial charge in [-0.3, -0.25) is 0 Å². The first kappa shape index (κ1) is 23.5. The summed E-state index contributed by atoms with van der Waals surface area (Å²) < 4.78 is 45.9. The van der Waals surface area contributed by atoms with Crippen molar-refractivity contribution in [3.63, 3.8) is 0 Å². The van der Waals surface area contributed by atoms with E-state index in [1.807, 2.05) is 32.0 Å². The van der Waals surface area contributed by atoms with Gasteiger partial charge in [0, 0.05) is 30.7 Å². The maximum Gasteiger partial charge on any atom is 0.243 e. The molecule has 178 valence electrons. The fraction of sp³-hybridized carbons (Fsp3) is 0.261. The van der Waals surface area contributed by atoms with Crippen molar-refractivity contribution < 1.29 is 27.0 Å². The van der Waals surface area contributed by atoms with Gasteiger partial charge in [-0.1, -0.05) is 0 Å². The second-order valence-corrected chi connectivity index (χ2v) is 9.67. The molecule has 0 aliphatic rings. The number of hydrogen-bond acceptors (Lipinski definition) is 9. The van der Waals surface area contributed by atoms with Gasteiger partial charge in [-0.05, 0) is 38.1 Å². The Morgan fingerprint density at radius 2 is 1.79 bits per heavy atom. The summed E-state index contributed by atoms with van der Waals surface area (Å²) >= 11 is 0. The van der Waals surface area contributed by atoms with Crippen molar-refractivity contribution in [2.45, 2.75) is 25.0 Å². The van der Waals surface area contributed by atoms with Crippen LogP contribution in [0.4, 0.5) is 0 Å². The quantitative estimate of drug-likeness (QED) is 0.374. The summed E-state index contributed by atoms with van der Waals surface area (Å²) in [5, 5.41) is -0.133. The van der Waals surface area contributed by atoms with E-state index >= 15 is 0 Å². The molecule has 4 aromatic rings. The van der Waals surface area contributed by atoms with Gasteiger partial charge in [0.05, 0.1) is 25.2 Å². The van der Waals surface area contributed by atoms with Gasteiger partial charge in [0.25, 0.3) is 0 Å². The number of hydrogen-bond donors (Lipinski definition) is 1. The van der Waals surface area contributed by atoms with Crippen molar-refractivity contribution in [2.24, 2.45) is 0 Å². The number of nitrogens with one attached hydrogen (secondary N) is 1. The normalized spacial score (nSPS) is 12.5. The van der Waals surface area contributed by atoms with E-state index in [-0.39, 0.29) is 17.0 Å². The third-order valence-corrected chi connectivity index (χ3v) is 5.64. The summed E-state index contributed by atoms with van der Waals surface area (Å²) in [6.45, 7) is 4.13. The Kier molecular flexibility index (Phi) is 6.66. The summed E-state index contributed by atoms with van der Waals surface area (Å²) in [6, 6.07) is 9.15. The van der Waals surface area contributed by atoms with Gasteiger partial charge in [-0.25, -0.2) is 23.4 Å². The predicted molar refractivity (Wildman–Crippen MR) is 124 cm³/mol. The van der Waals surface area contributed by atoms with Gasteiger partial charge in [0.15, 0.2) is 14.9 Å². The first-order valence-corrected chi connectivity index (χ1v) is 12.2. The fourth-order valence-corrected chi connectivity index (χ4v) is 3.68. The van der Waals surface area contributed by atoms with Crippen molar-refractivity contribution >= 4 is 9.84 Å². The smallest absolute Gasteiger partial charge is 0.243 e. The number of sulfone groups is 1. The van der Waals surface area contributed by atoms with Gasteiger partial charge in [0.1, 0.15) is 29.1 Å². The van der Waals surface area contributed by atoms with Gasteiger partial charge in [-0.15, -0.1) is 0 Å². The Labute approximate surface area is 196 Å². The fourth-order valence-electron chi connectivity index (χ4n) is 3.19. The minimum Gasteiger partial charge on any atom is -0.488 e. The number of benzene rings is 1. The number of rotatable bonds is 9. The highest BCUT2D eigenvalue weighted by Gasteiger charge is 2.14. The minimum atomic E-state index is -3.46. The van der Waals surface area contributed by atoms with Crippen LogP contribution in [0.25, 0.3) is 22.8 Å². The number of H-pyrrole nitrogens is 1. The van der Waals surface area contributed by atoms with E-state index < -0.39 is 9.84 Å². The molecule has 0 amide bonds. The number of aromatic amines is 1. The molecule has 1 aromatic carbocycles. The lowest BCUT2D eigenvalue weighted by atomic mass is 10.1. The molecule has 0 saturated heterocycles. The average molecular weight is 485 g/mol. The lowest BCUT2D eigenvalue weighted by Crippen LogP contribution is -2.17. The van der Waals surface area contributed by atoms with Crippen LogP contribution < -0.4 is 9.47 Å². The van der Waals surface area contributed by atoms with Crippen LogP contribution in [0, 0.1) is 6.92 Å². The highest BCUT2D eigenvalue weighted by molar-refractivity contribution is 7.90. The standard InChI is InChI=1S/C23H24N4O6S/c1-14-10-26-23(32-14)20-6-5-19(27-20)16-7-17(31-15(2)13-30-3)9-18(8-16)33-21-11-25-22(12-24-21)34(4,28)29/h5-12,15,27H,13H2,1-4H3/t15-/m0/s1. The minimum absolute atomic E-state index is 0.133. The Hall–Kier alpha value is -3.70. The van der Waals surface area contributed by atoms with Crippen LogP contribution in [0.15, 0.2) is 58.4 Å².